The number of nitrogen functional groups attached to an aromatic ring is 1. The van der Waals surface area contributed by atoms with Crippen molar-refractivity contribution in [2.45, 2.75) is 39.3 Å². The van der Waals surface area contributed by atoms with Gasteiger partial charge in [0.1, 0.15) is 11.6 Å². The number of hydrogen-bond donors (Lipinski definition) is 1. The van der Waals surface area contributed by atoms with Gasteiger partial charge >= 0.3 is 0 Å². The average molecular weight is 492 g/mol. The van der Waals surface area contributed by atoms with Gasteiger partial charge < -0.3 is 15.4 Å². The lowest BCUT2D eigenvalue weighted by Crippen LogP contribution is -2.58. The molecule has 0 aliphatic carbocycles. The highest BCUT2D eigenvalue weighted by Crippen LogP contribution is 2.35. The first-order valence-electron chi connectivity index (χ1n) is 12.4. The van der Waals surface area contributed by atoms with E-state index in [0.717, 1.165) is 28.9 Å². The Balaban J connectivity index is 1.62. The Bertz CT molecular complexity index is 1210. The topological polar surface area (TPSA) is 84.6 Å². The van der Waals surface area contributed by atoms with Gasteiger partial charge in [-0.05, 0) is 61.7 Å². The molecule has 1 aliphatic heterocycles. The van der Waals surface area contributed by atoms with Crippen LogP contribution in [0.15, 0.2) is 48.8 Å². The van der Waals surface area contributed by atoms with Crippen LogP contribution >= 0.6 is 0 Å². The summed E-state index contributed by atoms with van der Waals surface area (Å²) in [6.45, 7) is 8.75. The fraction of sp³-hybridized carbons (Fsp3) is 0.393. The summed E-state index contributed by atoms with van der Waals surface area (Å²) in [7, 11) is 1.69. The number of hydrogen-bond acceptors (Lipinski definition) is 6. The fourth-order valence-corrected chi connectivity index (χ4v) is 5.08. The van der Waals surface area contributed by atoms with Crippen molar-refractivity contribution < 1.29 is 13.9 Å². The van der Waals surface area contributed by atoms with Crippen LogP contribution in [0.5, 0.6) is 0 Å². The summed E-state index contributed by atoms with van der Waals surface area (Å²) in [4.78, 5) is 26.1. The van der Waals surface area contributed by atoms with Gasteiger partial charge in [-0.1, -0.05) is 13.0 Å². The van der Waals surface area contributed by atoms with Crippen LogP contribution in [0.4, 0.5) is 10.2 Å². The number of carbonyl (C=O) groups is 1. The zero-order valence-electron chi connectivity index (χ0n) is 21.4. The Hall–Kier alpha value is -3.36. The molecule has 7 nitrogen and oxygen atoms in total. The number of halogens is 1. The van der Waals surface area contributed by atoms with Crippen LogP contribution in [0.2, 0.25) is 0 Å². The monoisotopic (exact) mass is 491 g/mol. The number of nitrogens with two attached hydrogens (primary N) is 1. The minimum absolute atomic E-state index is 0.0870. The predicted octanol–water partition coefficient (Wildman–Crippen LogP) is 4.28. The first kappa shape index (κ1) is 25.7. The maximum Gasteiger partial charge on any atom is 0.256 e. The molecule has 1 saturated heterocycles. The largest absolute Gasteiger partial charge is 0.384 e. The maximum absolute atomic E-state index is 15.4. The van der Waals surface area contributed by atoms with Gasteiger partial charge in [-0.15, -0.1) is 0 Å². The highest BCUT2D eigenvalue weighted by Gasteiger charge is 2.32. The quantitative estimate of drug-likeness (QED) is 0.531. The molecule has 2 N–H and O–H groups in total. The third-order valence-electron chi connectivity index (χ3n) is 6.89. The Morgan fingerprint density at radius 1 is 1.11 bits per heavy atom. The van der Waals surface area contributed by atoms with Gasteiger partial charge in [-0.2, -0.15) is 0 Å². The summed E-state index contributed by atoms with van der Waals surface area (Å²) in [6, 6.07) is 10.7. The molecule has 0 saturated carbocycles. The van der Waals surface area contributed by atoms with Gasteiger partial charge in [-0.25, -0.2) is 9.37 Å². The number of aromatic nitrogens is 2. The van der Waals surface area contributed by atoms with Crippen molar-refractivity contribution in [2.75, 3.05) is 39.1 Å². The van der Waals surface area contributed by atoms with E-state index in [4.69, 9.17) is 10.5 Å². The molecule has 3 heterocycles. The number of pyridine rings is 2. The third kappa shape index (κ3) is 5.24. The summed E-state index contributed by atoms with van der Waals surface area (Å²) in [5.41, 5.74) is 10.0. The molecule has 190 valence electrons. The minimum atomic E-state index is -0.532. The zero-order chi connectivity index (χ0) is 25.8. The number of anilines is 1. The smallest absolute Gasteiger partial charge is 0.256 e. The van der Waals surface area contributed by atoms with Crippen LogP contribution < -0.4 is 5.73 Å². The lowest BCUT2D eigenvalue weighted by molar-refractivity contribution is 0.0191. The van der Waals surface area contributed by atoms with E-state index >= 15 is 4.39 Å². The number of nitrogens with zero attached hydrogens (tertiary/aromatic N) is 4. The normalized spacial score (nSPS) is 18.4. The summed E-state index contributed by atoms with van der Waals surface area (Å²) < 4.78 is 20.6. The molecule has 2 atom stereocenters. The van der Waals surface area contributed by atoms with E-state index < -0.39 is 5.82 Å². The number of methoxy groups -OCH3 is 1. The molecule has 1 aromatic carbocycles. The molecule has 36 heavy (non-hydrogen) atoms. The Morgan fingerprint density at radius 3 is 2.44 bits per heavy atom. The Kier molecular flexibility index (Phi) is 7.96. The number of rotatable bonds is 7. The van der Waals surface area contributed by atoms with Crippen LogP contribution in [0.1, 0.15) is 36.8 Å². The lowest BCUT2D eigenvalue weighted by atomic mass is 9.93. The second-order valence-electron chi connectivity index (χ2n) is 9.34. The van der Waals surface area contributed by atoms with Crippen LogP contribution in [-0.4, -0.2) is 71.1 Å². The van der Waals surface area contributed by atoms with Crippen LogP contribution in [0.25, 0.3) is 22.3 Å². The highest BCUT2D eigenvalue weighted by atomic mass is 19.1. The minimum Gasteiger partial charge on any atom is -0.384 e. The second kappa shape index (κ2) is 11.1. The van der Waals surface area contributed by atoms with Crippen LogP contribution in [-0.2, 0) is 11.2 Å². The molecule has 8 heteroatoms. The van der Waals surface area contributed by atoms with E-state index in [9.17, 15) is 4.79 Å². The van der Waals surface area contributed by atoms with Gasteiger partial charge in [-0.3, -0.25) is 14.7 Å². The number of benzene rings is 1. The van der Waals surface area contributed by atoms with E-state index in [1.807, 2.05) is 19.1 Å². The molecule has 1 amide bonds. The molecule has 1 fully saturated rings. The molecular formula is C28H34FN5O2. The maximum atomic E-state index is 15.4. The van der Waals surface area contributed by atoms with E-state index in [-0.39, 0.29) is 23.6 Å². The molecular weight excluding hydrogens is 457 g/mol. The summed E-state index contributed by atoms with van der Waals surface area (Å²) in [6.07, 6.45) is 4.14. The van der Waals surface area contributed by atoms with E-state index in [1.54, 1.807) is 42.6 Å². The van der Waals surface area contributed by atoms with Gasteiger partial charge in [0.2, 0.25) is 0 Å². The van der Waals surface area contributed by atoms with Crippen LogP contribution in [0, 0.1) is 5.82 Å². The average Bonchev–Trinajstić information content (AvgIpc) is 2.87. The van der Waals surface area contributed by atoms with Crippen LogP contribution in [0.3, 0.4) is 0 Å². The van der Waals surface area contributed by atoms with Crippen molar-refractivity contribution in [1.29, 1.82) is 0 Å². The zero-order valence-corrected chi connectivity index (χ0v) is 21.4. The standard InChI is InChI=1S/C28H34FN5O2/c1-5-25-27(21-7-9-26(30)32-15-21)22(10-11-31-25)20-6-8-23(24(29)14-20)28(35)33-16-18(2)34(12-13-36-4)19(3)17-33/h6-11,14-15,18-19H,5,12-13,16-17H2,1-4H3,(H2,30,32). The van der Waals surface area contributed by atoms with Gasteiger partial charge in [0.15, 0.2) is 0 Å². The summed E-state index contributed by atoms with van der Waals surface area (Å²) >= 11 is 0. The molecule has 2 aromatic heterocycles. The fourth-order valence-electron chi connectivity index (χ4n) is 5.08. The molecule has 4 rings (SSSR count). The first-order chi connectivity index (χ1) is 17.3. The molecule has 0 spiro atoms. The Labute approximate surface area is 212 Å². The summed E-state index contributed by atoms with van der Waals surface area (Å²) in [5.74, 6) is -0.383. The van der Waals surface area contributed by atoms with Crippen molar-refractivity contribution in [2.24, 2.45) is 0 Å². The Morgan fingerprint density at radius 2 is 1.83 bits per heavy atom. The van der Waals surface area contributed by atoms with Crippen molar-refractivity contribution in [3.05, 3.63) is 65.9 Å². The molecule has 2 unspecified atom stereocenters. The predicted molar refractivity (Wildman–Crippen MR) is 140 cm³/mol. The number of ether oxygens (including phenoxy) is 1. The molecule has 0 radical (unpaired) electrons. The molecule has 1 aliphatic rings. The number of aryl methyl sites for hydroxylation is 1. The second-order valence-corrected chi connectivity index (χ2v) is 9.34. The number of piperazine rings is 1. The highest BCUT2D eigenvalue weighted by molar-refractivity contribution is 5.95. The van der Waals surface area contributed by atoms with Gasteiger partial charge in [0, 0.05) is 68.0 Å². The lowest BCUT2D eigenvalue weighted by Gasteiger charge is -2.44. The van der Waals surface area contributed by atoms with E-state index in [1.165, 1.54) is 6.07 Å². The number of amides is 1. The third-order valence-corrected chi connectivity index (χ3v) is 6.89. The first-order valence-corrected chi connectivity index (χ1v) is 12.4. The van der Waals surface area contributed by atoms with Crippen molar-refractivity contribution in [3.63, 3.8) is 0 Å². The molecule has 3 aromatic rings. The van der Waals surface area contributed by atoms with E-state index in [2.05, 4.69) is 28.7 Å². The van der Waals surface area contributed by atoms with E-state index in [0.29, 0.717) is 37.5 Å². The molecule has 0 bridgehead atoms. The van der Waals surface area contributed by atoms with Crippen molar-refractivity contribution in [1.82, 2.24) is 19.8 Å². The SMILES string of the molecule is CCc1nccc(-c2ccc(C(=O)N3CC(C)N(CCOC)C(C)C3)c(F)c2)c1-c1ccc(N)nc1. The summed E-state index contributed by atoms with van der Waals surface area (Å²) in [5, 5.41) is 0. The van der Waals surface area contributed by atoms with Gasteiger partial charge in [0.05, 0.1) is 12.2 Å². The van der Waals surface area contributed by atoms with Crippen molar-refractivity contribution in [3.8, 4) is 22.3 Å². The number of carbonyl (C=O) groups excluding carboxylic acids is 1. The van der Waals surface area contributed by atoms with Crippen molar-refractivity contribution >= 4 is 11.7 Å². The van der Waals surface area contributed by atoms with Gasteiger partial charge in [0.25, 0.3) is 5.91 Å².